The van der Waals surface area contributed by atoms with Crippen LogP contribution in [0.2, 0.25) is 0 Å². The van der Waals surface area contributed by atoms with Gasteiger partial charge in [-0.3, -0.25) is 9.59 Å². The first-order valence-corrected chi connectivity index (χ1v) is 10.0. The zero-order valence-corrected chi connectivity index (χ0v) is 16.5. The Balaban J connectivity index is 1.78. The number of rotatable bonds is 8. The highest BCUT2D eigenvalue weighted by atomic mass is 16.5. The monoisotopic (exact) mass is 367 g/mol. The molecule has 1 aromatic carbocycles. The number of fused-ring (bicyclic) bond motifs is 1. The molecule has 1 aromatic heterocycles. The fraction of sp³-hybridized carbons (Fsp3) is 0.478. The van der Waals surface area contributed by atoms with E-state index in [0.29, 0.717) is 31.2 Å². The van der Waals surface area contributed by atoms with Crippen LogP contribution in [0.3, 0.4) is 0 Å². The number of hydrogen-bond acceptors (Lipinski definition) is 3. The number of aryl methyl sites for hydroxylation is 1. The predicted octanol–water partition coefficient (Wildman–Crippen LogP) is 4.75. The third kappa shape index (κ3) is 4.15. The molecule has 0 aliphatic carbocycles. The topological polar surface area (TPSA) is 48.3 Å². The number of aromatic nitrogens is 1. The van der Waals surface area contributed by atoms with Crippen LogP contribution in [-0.4, -0.2) is 22.9 Å². The Morgan fingerprint density at radius 2 is 1.96 bits per heavy atom. The first-order valence-electron chi connectivity index (χ1n) is 10.0. The van der Waals surface area contributed by atoms with E-state index in [9.17, 15) is 9.59 Å². The number of benzene rings is 1. The molecule has 0 amide bonds. The van der Waals surface area contributed by atoms with Gasteiger partial charge in [0.2, 0.25) is 5.78 Å². The molecule has 27 heavy (non-hydrogen) atoms. The highest BCUT2D eigenvalue weighted by Crippen LogP contribution is 2.32. The molecular weight excluding hydrogens is 338 g/mol. The molecule has 0 saturated carbocycles. The molecule has 144 valence electrons. The van der Waals surface area contributed by atoms with Gasteiger partial charge in [-0.1, -0.05) is 51.5 Å². The molecular formula is C23H29NO3. The Morgan fingerprint density at radius 1 is 1.19 bits per heavy atom. The van der Waals surface area contributed by atoms with E-state index in [1.54, 1.807) is 0 Å². The van der Waals surface area contributed by atoms with Crippen LogP contribution in [0.15, 0.2) is 36.4 Å². The van der Waals surface area contributed by atoms with E-state index >= 15 is 0 Å². The first-order chi connectivity index (χ1) is 13.0. The molecule has 4 heteroatoms. The highest BCUT2D eigenvalue weighted by molar-refractivity contribution is 6.09. The number of carbonyl (C=O) groups excluding carboxylic acids is 2. The van der Waals surface area contributed by atoms with Crippen LogP contribution >= 0.6 is 0 Å². The van der Waals surface area contributed by atoms with Crippen LogP contribution in [0.25, 0.3) is 0 Å². The average molecular weight is 367 g/mol. The van der Waals surface area contributed by atoms with Gasteiger partial charge in [0.05, 0.1) is 18.2 Å². The summed E-state index contributed by atoms with van der Waals surface area (Å²) in [5.74, 6) is 0.124. The van der Waals surface area contributed by atoms with Gasteiger partial charge in [0.1, 0.15) is 0 Å². The zero-order chi connectivity index (χ0) is 19.4. The minimum atomic E-state index is -0.260. The summed E-state index contributed by atoms with van der Waals surface area (Å²) in [5.41, 5.74) is 3.43. The summed E-state index contributed by atoms with van der Waals surface area (Å²) in [7, 11) is 0. The van der Waals surface area contributed by atoms with E-state index in [-0.39, 0.29) is 17.7 Å². The van der Waals surface area contributed by atoms with Crippen molar-refractivity contribution in [3.8, 4) is 0 Å². The molecule has 4 nitrogen and oxygen atoms in total. The van der Waals surface area contributed by atoms with Crippen molar-refractivity contribution in [2.75, 3.05) is 6.61 Å². The van der Waals surface area contributed by atoms with E-state index in [4.69, 9.17) is 4.74 Å². The van der Waals surface area contributed by atoms with Crippen LogP contribution in [0.4, 0.5) is 0 Å². The van der Waals surface area contributed by atoms with Gasteiger partial charge in [-0.15, -0.1) is 0 Å². The summed E-state index contributed by atoms with van der Waals surface area (Å²) in [5, 5.41) is 0. The maximum atomic E-state index is 13.1. The van der Waals surface area contributed by atoms with E-state index < -0.39 is 0 Å². The van der Waals surface area contributed by atoms with Crippen molar-refractivity contribution < 1.29 is 14.3 Å². The molecule has 0 radical (unpaired) electrons. The molecule has 0 saturated heterocycles. The van der Waals surface area contributed by atoms with Crippen LogP contribution < -0.4 is 0 Å². The summed E-state index contributed by atoms with van der Waals surface area (Å²) < 4.78 is 7.46. The van der Waals surface area contributed by atoms with Crippen molar-refractivity contribution >= 4 is 11.8 Å². The zero-order valence-electron chi connectivity index (χ0n) is 16.5. The lowest BCUT2D eigenvalue weighted by molar-refractivity contribution is -0.145. The van der Waals surface area contributed by atoms with Gasteiger partial charge in [-0.05, 0) is 42.9 Å². The minimum absolute atomic E-state index is 0.0409. The van der Waals surface area contributed by atoms with E-state index in [1.165, 1.54) is 0 Å². The number of nitrogens with zero attached hydrogens (tertiary/aromatic N) is 1. The number of carbonyl (C=O) groups is 2. The molecule has 1 aliphatic rings. The summed E-state index contributed by atoms with van der Waals surface area (Å²) in [4.78, 5) is 25.6. The summed E-state index contributed by atoms with van der Waals surface area (Å²) in [6.45, 7) is 7.49. The van der Waals surface area contributed by atoms with Crippen LogP contribution in [-0.2, 0) is 22.5 Å². The molecule has 0 fully saturated rings. The molecule has 0 spiro atoms. The Hall–Kier alpha value is -2.36. The fourth-order valence-electron chi connectivity index (χ4n) is 3.74. The normalized spacial score (nSPS) is 15.8. The van der Waals surface area contributed by atoms with E-state index in [2.05, 4.69) is 20.8 Å². The number of hydrogen-bond donors (Lipinski definition) is 0. The van der Waals surface area contributed by atoms with Crippen molar-refractivity contribution in [3.63, 3.8) is 0 Å². The SMILES string of the molecule is CCCc1ccccc1C(=O)c1ccc2n1CCC2C(=O)OCCC(C)C. The van der Waals surface area contributed by atoms with Gasteiger partial charge in [-0.25, -0.2) is 0 Å². The Labute approximate surface area is 161 Å². The van der Waals surface area contributed by atoms with Crippen molar-refractivity contribution in [2.24, 2.45) is 5.92 Å². The van der Waals surface area contributed by atoms with Crippen molar-refractivity contribution in [1.29, 1.82) is 0 Å². The minimum Gasteiger partial charge on any atom is -0.465 e. The Morgan fingerprint density at radius 3 is 2.70 bits per heavy atom. The Bertz CT molecular complexity index is 819. The lowest BCUT2D eigenvalue weighted by Gasteiger charge is -2.11. The number of esters is 1. The van der Waals surface area contributed by atoms with Crippen molar-refractivity contribution in [3.05, 3.63) is 58.9 Å². The van der Waals surface area contributed by atoms with Gasteiger partial charge < -0.3 is 9.30 Å². The maximum Gasteiger partial charge on any atom is 0.315 e. The third-order valence-electron chi connectivity index (χ3n) is 5.25. The van der Waals surface area contributed by atoms with Gasteiger partial charge >= 0.3 is 5.97 Å². The molecule has 3 rings (SSSR count). The number of ether oxygens (including phenoxy) is 1. The second-order valence-electron chi connectivity index (χ2n) is 7.72. The molecule has 2 heterocycles. The van der Waals surface area contributed by atoms with Gasteiger partial charge in [-0.2, -0.15) is 0 Å². The van der Waals surface area contributed by atoms with E-state index in [0.717, 1.165) is 36.1 Å². The van der Waals surface area contributed by atoms with Crippen LogP contribution in [0, 0.1) is 5.92 Å². The average Bonchev–Trinajstić information content (AvgIpc) is 3.23. The second-order valence-corrected chi connectivity index (χ2v) is 7.72. The maximum absolute atomic E-state index is 13.1. The summed E-state index contributed by atoms with van der Waals surface area (Å²) >= 11 is 0. The van der Waals surface area contributed by atoms with Gasteiger partial charge in [0.15, 0.2) is 0 Å². The molecule has 1 unspecified atom stereocenters. The summed E-state index contributed by atoms with van der Waals surface area (Å²) in [6, 6.07) is 11.6. The summed E-state index contributed by atoms with van der Waals surface area (Å²) in [6.07, 6.45) is 3.46. The fourth-order valence-corrected chi connectivity index (χ4v) is 3.74. The molecule has 0 bridgehead atoms. The highest BCUT2D eigenvalue weighted by Gasteiger charge is 2.33. The second kappa shape index (κ2) is 8.55. The van der Waals surface area contributed by atoms with Gasteiger partial charge in [0.25, 0.3) is 0 Å². The van der Waals surface area contributed by atoms with Crippen molar-refractivity contribution in [1.82, 2.24) is 4.57 Å². The molecule has 0 N–H and O–H groups in total. The standard InChI is InChI=1S/C23H29NO3/c1-4-7-17-8-5-6-9-18(17)22(25)21-11-10-20-19(12-14-24(20)21)23(26)27-15-13-16(2)3/h5-6,8-11,16,19H,4,7,12-15H2,1-3H3. The quantitative estimate of drug-likeness (QED) is 0.500. The first kappa shape index (κ1) is 19.4. The molecule has 1 aliphatic heterocycles. The third-order valence-corrected chi connectivity index (χ3v) is 5.25. The van der Waals surface area contributed by atoms with E-state index in [1.807, 2.05) is 41.0 Å². The molecule has 1 atom stereocenters. The Kier molecular flexibility index (Phi) is 6.15. The van der Waals surface area contributed by atoms with Crippen molar-refractivity contribution in [2.45, 2.75) is 58.9 Å². The number of ketones is 1. The lowest BCUT2D eigenvalue weighted by Crippen LogP contribution is -2.15. The molecule has 2 aromatic rings. The smallest absolute Gasteiger partial charge is 0.315 e. The van der Waals surface area contributed by atoms with Crippen LogP contribution in [0.1, 0.15) is 73.3 Å². The largest absolute Gasteiger partial charge is 0.465 e. The predicted molar refractivity (Wildman–Crippen MR) is 106 cm³/mol. The van der Waals surface area contributed by atoms with Gasteiger partial charge in [0, 0.05) is 17.8 Å². The lowest BCUT2D eigenvalue weighted by atomic mass is 9.98. The van der Waals surface area contributed by atoms with Crippen LogP contribution in [0.5, 0.6) is 0 Å².